The number of amides is 3. The van der Waals surface area contributed by atoms with Crippen molar-refractivity contribution in [2.24, 2.45) is 38.7 Å². The minimum absolute atomic E-state index is 0.0749. The summed E-state index contributed by atoms with van der Waals surface area (Å²) in [5.74, 6) is -3.80. The lowest BCUT2D eigenvalue weighted by molar-refractivity contribution is -0.141. The number of aliphatic imine (C=N–C) groups is 2. The molecule has 0 rings (SSSR count). The summed E-state index contributed by atoms with van der Waals surface area (Å²) in [6.45, 7) is 0.964. The van der Waals surface area contributed by atoms with Crippen LogP contribution in [0.1, 0.15) is 32.6 Å². The van der Waals surface area contributed by atoms with E-state index in [4.69, 9.17) is 38.9 Å². The number of aliphatic carboxylic acids is 1. The van der Waals surface area contributed by atoms with Crippen molar-refractivity contribution in [3.8, 4) is 0 Å². The van der Waals surface area contributed by atoms with E-state index in [0.29, 0.717) is 6.42 Å². The maximum absolute atomic E-state index is 12.9. The number of guanidine groups is 2. The number of nitrogens with zero attached hydrogens (tertiary/aromatic N) is 2. The average Bonchev–Trinajstić information content (AvgIpc) is 2.76. The molecule has 0 bridgehead atoms. The molecule has 0 spiro atoms. The molecular formula is C18H36N10O6. The Hall–Kier alpha value is -3.66. The zero-order valence-corrected chi connectivity index (χ0v) is 19.1. The van der Waals surface area contributed by atoms with Crippen LogP contribution in [0.2, 0.25) is 0 Å². The summed E-state index contributed by atoms with van der Waals surface area (Å²) in [7, 11) is 0. The van der Waals surface area contributed by atoms with Gasteiger partial charge in [0.2, 0.25) is 17.7 Å². The van der Waals surface area contributed by atoms with Crippen LogP contribution < -0.4 is 44.6 Å². The SMILES string of the molecule is CC(NC(=O)C(CCCN=C(N)N)NC(=O)C(CCCN=C(N)N)NC(=O)C(N)CO)C(=O)O. The molecule has 16 nitrogen and oxygen atoms in total. The second-order valence-corrected chi connectivity index (χ2v) is 7.38. The van der Waals surface area contributed by atoms with Crippen molar-refractivity contribution in [1.82, 2.24) is 16.0 Å². The molecule has 0 saturated heterocycles. The van der Waals surface area contributed by atoms with Gasteiger partial charge in [0, 0.05) is 13.1 Å². The number of nitrogens with two attached hydrogens (primary N) is 5. The smallest absolute Gasteiger partial charge is 0.325 e. The first kappa shape index (κ1) is 30.3. The highest BCUT2D eigenvalue weighted by Crippen LogP contribution is 2.04. The molecule has 4 atom stereocenters. The van der Waals surface area contributed by atoms with Crippen LogP contribution in [0.15, 0.2) is 9.98 Å². The minimum atomic E-state index is -1.26. The molecule has 0 aliphatic rings. The van der Waals surface area contributed by atoms with E-state index in [0.717, 1.165) is 0 Å². The van der Waals surface area contributed by atoms with Gasteiger partial charge >= 0.3 is 5.97 Å². The number of carboxylic acid groups (broad SMARTS) is 1. The molecule has 4 unspecified atom stereocenters. The van der Waals surface area contributed by atoms with Gasteiger partial charge in [-0.15, -0.1) is 0 Å². The van der Waals surface area contributed by atoms with Crippen molar-refractivity contribution < 1.29 is 29.4 Å². The second kappa shape index (κ2) is 16.0. The van der Waals surface area contributed by atoms with E-state index in [1.807, 2.05) is 0 Å². The first-order chi connectivity index (χ1) is 15.9. The topological polar surface area (TPSA) is 300 Å². The fourth-order valence-electron chi connectivity index (χ4n) is 2.55. The van der Waals surface area contributed by atoms with Crippen LogP contribution >= 0.6 is 0 Å². The van der Waals surface area contributed by atoms with E-state index >= 15 is 0 Å². The molecular weight excluding hydrogens is 452 g/mol. The van der Waals surface area contributed by atoms with E-state index in [1.165, 1.54) is 6.92 Å². The van der Waals surface area contributed by atoms with Gasteiger partial charge in [0.15, 0.2) is 11.9 Å². The molecule has 0 aromatic heterocycles. The number of nitrogens with one attached hydrogen (secondary N) is 3. The van der Waals surface area contributed by atoms with E-state index in [1.54, 1.807) is 0 Å². The fourth-order valence-corrected chi connectivity index (χ4v) is 2.55. The van der Waals surface area contributed by atoms with Crippen molar-refractivity contribution in [3.05, 3.63) is 0 Å². The van der Waals surface area contributed by atoms with Gasteiger partial charge in [0.1, 0.15) is 24.2 Å². The molecule has 3 amide bonds. The molecule has 16 heteroatoms. The van der Waals surface area contributed by atoms with Gasteiger partial charge < -0.3 is 54.8 Å². The molecule has 15 N–H and O–H groups in total. The van der Waals surface area contributed by atoms with Gasteiger partial charge in [-0.2, -0.15) is 0 Å². The molecule has 34 heavy (non-hydrogen) atoms. The number of hydrogen-bond acceptors (Lipinski definition) is 8. The maximum Gasteiger partial charge on any atom is 0.325 e. The predicted octanol–water partition coefficient (Wildman–Crippen LogP) is -5.03. The van der Waals surface area contributed by atoms with Crippen molar-refractivity contribution in [1.29, 1.82) is 0 Å². The average molecular weight is 489 g/mol. The minimum Gasteiger partial charge on any atom is -0.480 e. The van der Waals surface area contributed by atoms with E-state index < -0.39 is 54.5 Å². The van der Waals surface area contributed by atoms with E-state index in [9.17, 15) is 19.2 Å². The number of aliphatic hydroxyl groups excluding tert-OH is 1. The normalized spacial score (nSPS) is 14.0. The van der Waals surface area contributed by atoms with Gasteiger partial charge in [0.05, 0.1) is 6.61 Å². The third-order valence-electron chi connectivity index (χ3n) is 4.42. The highest BCUT2D eigenvalue weighted by molar-refractivity contribution is 5.94. The molecule has 0 aliphatic heterocycles. The van der Waals surface area contributed by atoms with Crippen LogP contribution in [0.3, 0.4) is 0 Å². The van der Waals surface area contributed by atoms with Crippen LogP contribution in [-0.2, 0) is 19.2 Å². The Bertz CT molecular complexity index is 752. The zero-order chi connectivity index (χ0) is 26.3. The summed E-state index contributed by atoms with van der Waals surface area (Å²) in [5.41, 5.74) is 26.6. The molecule has 0 fully saturated rings. The Balaban J connectivity index is 5.47. The summed E-state index contributed by atoms with van der Waals surface area (Å²) in [5, 5.41) is 25.3. The van der Waals surface area contributed by atoms with Crippen LogP contribution in [0.5, 0.6) is 0 Å². The number of aliphatic hydroxyl groups is 1. The van der Waals surface area contributed by atoms with E-state index in [2.05, 4.69) is 25.9 Å². The Morgan fingerprint density at radius 2 is 1.21 bits per heavy atom. The van der Waals surface area contributed by atoms with Crippen molar-refractivity contribution >= 4 is 35.6 Å². The lowest BCUT2D eigenvalue weighted by atomic mass is 10.1. The lowest BCUT2D eigenvalue weighted by Gasteiger charge is -2.24. The van der Waals surface area contributed by atoms with Crippen molar-refractivity contribution in [2.45, 2.75) is 56.8 Å². The Kier molecular flexibility index (Phi) is 14.3. The summed E-state index contributed by atoms with van der Waals surface area (Å²) in [4.78, 5) is 56.3. The summed E-state index contributed by atoms with van der Waals surface area (Å²) in [6, 6.07) is -4.75. The lowest BCUT2D eigenvalue weighted by Crippen LogP contribution is -2.57. The standard InChI is InChI=1S/C18H36N10O6/c1-9(16(33)34)26-14(31)11(4-2-6-24-17(20)21)28-15(32)12(5-3-7-25-18(22)23)27-13(30)10(19)8-29/h9-12,29H,2-8,19H2,1H3,(H,26,31)(H,27,30)(H,28,32)(H,33,34)(H4,20,21,24)(H4,22,23,25). The first-order valence-electron chi connectivity index (χ1n) is 10.5. The van der Waals surface area contributed by atoms with Crippen LogP contribution in [0.4, 0.5) is 0 Å². The number of rotatable bonds is 16. The third-order valence-corrected chi connectivity index (χ3v) is 4.42. The van der Waals surface area contributed by atoms with Gasteiger partial charge in [0.25, 0.3) is 0 Å². The van der Waals surface area contributed by atoms with Gasteiger partial charge in [-0.1, -0.05) is 0 Å². The number of carboxylic acids is 1. The second-order valence-electron chi connectivity index (χ2n) is 7.38. The molecule has 0 aromatic carbocycles. The predicted molar refractivity (Wildman–Crippen MR) is 124 cm³/mol. The Labute approximate surface area is 196 Å². The molecule has 194 valence electrons. The van der Waals surface area contributed by atoms with Gasteiger partial charge in [-0.25, -0.2) is 0 Å². The van der Waals surface area contributed by atoms with Crippen molar-refractivity contribution in [3.63, 3.8) is 0 Å². The van der Waals surface area contributed by atoms with E-state index in [-0.39, 0.29) is 44.3 Å². The highest BCUT2D eigenvalue weighted by Gasteiger charge is 2.29. The first-order valence-corrected chi connectivity index (χ1v) is 10.5. The fraction of sp³-hybridized carbons (Fsp3) is 0.667. The molecule has 0 saturated carbocycles. The largest absolute Gasteiger partial charge is 0.480 e. The van der Waals surface area contributed by atoms with Crippen LogP contribution in [0.25, 0.3) is 0 Å². The highest BCUT2D eigenvalue weighted by atomic mass is 16.4. The van der Waals surface area contributed by atoms with Crippen molar-refractivity contribution in [2.75, 3.05) is 19.7 Å². The van der Waals surface area contributed by atoms with Crippen LogP contribution in [0, 0.1) is 0 Å². The summed E-state index contributed by atoms with van der Waals surface area (Å²) in [6.07, 6.45) is 0.739. The quantitative estimate of drug-likeness (QED) is 0.0556. The van der Waals surface area contributed by atoms with Crippen LogP contribution in [-0.4, -0.2) is 89.7 Å². The Morgan fingerprint density at radius 3 is 1.59 bits per heavy atom. The number of carbonyl (C=O) groups is 4. The summed E-state index contributed by atoms with van der Waals surface area (Å²) < 4.78 is 0. The number of carbonyl (C=O) groups excluding carboxylic acids is 3. The third kappa shape index (κ3) is 13.0. The zero-order valence-electron chi connectivity index (χ0n) is 19.1. The summed E-state index contributed by atoms with van der Waals surface area (Å²) >= 11 is 0. The van der Waals surface area contributed by atoms with Gasteiger partial charge in [-0.05, 0) is 32.6 Å². The molecule has 0 radical (unpaired) electrons. The maximum atomic E-state index is 12.9. The van der Waals surface area contributed by atoms with Gasteiger partial charge in [-0.3, -0.25) is 29.2 Å². The Morgan fingerprint density at radius 1 is 0.794 bits per heavy atom. The molecule has 0 aromatic rings. The monoisotopic (exact) mass is 488 g/mol. The molecule has 0 heterocycles. The number of hydrogen-bond donors (Lipinski definition) is 10. The molecule has 0 aliphatic carbocycles.